The summed E-state index contributed by atoms with van der Waals surface area (Å²) in [5.74, 6) is -3.67. The second-order valence-corrected chi connectivity index (χ2v) is 12.7. The standard InChI is InChI=1S/C28H37ClN4O8S/c1-6-41-27(38)22(15-12-19-10-8-7-9-11-19)31-18(2)26(37)33(17-24(34)35,28(3,4)5)32-25(36)20-13-14-21(29)23(16-20)42(30,39)40/h7-11,13-14,16,18,22,31H,6,12,15,17H2,1-5H3,(H3-,30,32,34,35,36,39,40)/p+1/t18-,22-,33?/m0/s1. The molecule has 230 valence electrons. The minimum Gasteiger partial charge on any atom is -0.477 e. The fourth-order valence-electron chi connectivity index (χ4n) is 4.38. The van der Waals surface area contributed by atoms with Crippen LogP contribution in [0.5, 0.6) is 0 Å². The van der Waals surface area contributed by atoms with Crippen molar-refractivity contribution >= 4 is 45.4 Å². The van der Waals surface area contributed by atoms with Crippen molar-refractivity contribution in [2.45, 2.75) is 70.0 Å². The highest BCUT2D eigenvalue weighted by molar-refractivity contribution is 7.89. The molecule has 0 radical (unpaired) electrons. The van der Waals surface area contributed by atoms with Crippen molar-refractivity contribution in [1.82, 2.24) is 10.7 Å². The van der Waals surface area contributed by atoms with Crippen molar-refractivity contribution in [2.75, 3.05) is 13.2 Å². The monoisotopic (exact) mass is 625 g/mol. The number of carbonyl (C=O) groups excluding carboxylic acids is 3. The molecule has 0 saturated carbocycles. The Kier molecular flexibility index (Phi) is 11.8. The van der Waals surface area contributed by atoms with Crippen molar-refractivity contribution in [3.05, 3.63) is 64.7 Å². The molecule has 1 unspecified atom stereocenters. The Morgan fingerprint density at radius 2 is 1.71 bits per heavy atom. The van der Waals surface area contributed by atoms with Crippen LogP contribution in [0.25, 0.3) is 0 Å². The summed E-state index contributed by atoms with van der Waals surface area (Å²) >= 11 is 5.94. The van der Waals surface area contributed by atoms with Crippen molar-refractivity contribution in [3.63, 3.8) is 0 Å². The van der Waals surface area contributed by atoms with Crippen molar-refractivity contribution in [3.8, 4) is 0 Å². The molecular weight excluding hydrogens is 588 g/mol. The molecule has 2 aromatic carbocycles. The normalized spacial score (nSPS) is 14.7. The molecule has 2 amide bonds. The zero-order valence-corrected chi connectivity index (χ0v) is 25.8. The first kappa shape index (κ1) is 34.8. The summed E-state index contributed by atoms with van der Waals surface area (Å²) in [5, 5.41) is 17.8. The Morgan fingerprint density at radius 3 is 2.24 bits per heavy atom. The maximum Gasteiger partial charge on any atom is 0.362 e. The van der Waals surface area contributed by atoms with Gasteiger partial charge in [-0.1, -0.05) is 41.9 Å². The van der Waals surface area contributed by atoms with E-state index in [-0.39, 0.29) is 23.6 Å². The lowest BCUT2D eigenvalue weighted by Gasteiger charge is -2.45. The third-order valence-corrected chi connectivity index (χ3v) is 8.04. The number of primary sulfonamides is 1. The number of esters is 1. The number of carbonyl (C=O) groups is 4. The summed E-state index contributed by atoms with van der Waals surface area (Å²) in [6.07, 6.45) is 0.773. The number of aliphatic carboxylic acids is 1. The van der Waals surface area contributed by atoms with E-state index in [9.17, 15) is 32.7 Å². The van der Waals surface area contributed by atoms with Crippen LogP contribution in [0.4, 0.5) is 0 Å². The van der Waals surface area contributed by atoms with Gasteiger partial charge in [0.05, 0.1) is 11.6 Å². The zero-order valence-electron chi connectivity index (χ0n) is 24.2. The number of carboxylic acids is 1. The number of quaternary nitrogens is 1. The molecule has 0 saturated heterocycles. The van der Waals surface area contributed by atoms with Gasteiger partial charge in [-0.3, -0.25) is 14.9 Å². The highest BCUT2D eigenvalue weighted by Gasteiger charge is 2.53. The minimum atomic E-state index is -4.29. The first-order valence-electron chi connectivity index (χ1n) is 13.2. The van der Waals surface area contributed by atoms with Crippen molar-refractivity contribution in [2.24, 2.45) is 5.14 Å². The Morgan fingerprint density at radius 1 is 1.10 bits per heavy atom. The van der Waals surface area contributed by atoms with Gasteiger partial charge < -0.3 is 9.84 Å². The van der Waals surface area contributed by atoms with Crippen molar-refractivity contribution in [1.29, 1.82) is 0 Å². The summed E-state index contributed by atoms with van der Waals surface area (Å²) in [5.41, 5.74) is 2.04. The molecule has 0 bridgehead atoms. The quantitative estimate of drug-likeness (QED) is 0.156. The van der Waals surface area contributed by atoms with E-state index in [0.717, 1.165) is 17.7 Å². The number of ether oxygens (including phenoxy) is 1. The molecule has 0 heterocycles. The molecule has 0 fully saturated rings. The fraction of sp³-hybridized carbons (Fsp3) is 0.429. The summed E-state index contributed by atoms with van der Waals surface area (Å²) in [7, 11) is -4.29. The minimum absolute atomic E-state index is 0.114. The number of hydrogen-bond acceptors (Lipinski definition) is 8. The molecule has 0 aliphatic heterocycles. The van der Waals surface area contributed by atoms with Gasteiger partial charge >= 0.3 is 17.8 Å². The molecule has 0 aromatic heterocycles. The fourth-order valence-corrected chi connectivity index (χ4v) is 5.45. The predicted octanol–water partition coefficient (Wildman–Crippen LogP) is 2.40. The molecule has 14 heteroatoms. The van der Waals surface area contributed by atoms with E-state index >= 15 is 0 Å². The summed E-state index contributed by atoms with van der Waals surface area (Å²) < 4.78 is 28.0. The second-order valence-electron chi connectivity index (χ2n) is 10.7. The van der Waals surface area contributed by atoms with E-state index in [1.165, 1.54) is 13.0 Å². The van der Waals surface area contributed by atoms with Crippen LogP contribution in [0.3, 0.4) is 0 Å². The van der Waals surface area contributed by atoms with E-state index in [0.29, 0.717) is 6.42 Å². The average molecular weight is 626 g/mol. The van der Waals surface area contributed by atoms with E-state index in [2.05, 4.69) is 10.7 Å². The van der Waals surface area contributed by atoms with E-state index in [1.807, 2.05) is 30.3 Å². The molecule has 42 heavy (non-hydrogen) atoms. The summed E-state index contributed by atoms with van der Waals surface area (Å²) in [4.78, 5) is 52.0. The number of nitrogens with one attached hydrogen (secondary N) is 2. The number of hydrogen-bond donors (Lipinski definition) is 4. The number of rotatable bonds is 12. The molecule has 3 atom stereocenters. The second kappa shape index (κ2) is 14.2. The van der Waals surface area contributed by atoms with E-state index in [1.54, 1.807) is 27.7 Å². The van der Waals surface area contributed by atoms with Gasteiger partial charge in [0.15, 0.2) is 0 Å². The van der Waals surface area contributed by atoms with Crippen LogP contribution >= 0.6 is 11.6 Å². The zero-order chi connectivity index (χ0) is 31.9. The molecule has 2 aromatic rings. The Labute approximate surface area is 250 Å². The summed E-state index contributed by atoms with van der Waals surface area (Å²) in [6.45, 7) is 7.07. The average Bonchev–Trinajstić information content (AvgIpc) is 2.89. The van der Waals surface area contributed by atoms with Gasteiger partial charge in [0, 0.05) is 5.56 Å². The number of aryl methyl sites for hydroxylation is 1. The third-order valence-electron chi connectivity index (χ3n) is 6.64. The van der Waals surface area contributed by atoms with E-state index < -0.39 is 67.4 Å². The first-order chi connectivity index (χ1) is 19.4. The number of carboxylic acid groups (broad SMARTS) is 1. The van der Waals surface area contributed by atoms with Crippen LogP contribution in [0.1, 0.15) is 57.0 Å². The van der Waals surface area contributed by atoms with Gasteiger partial charge in [-0.2, -0.15) is 5.43 Å². The highest BCUT2D eigenvalue weighted by Crippen LogP contribution is 2.26. The number of benzene rings is 2. The molecular formula is C28H38ClN4O8S+. The maximum atomic E-state index is 14.1. The van der Waals surface area contributed by atoms with Gasteiger partial charge in [0.1, 0.15) is 22.5 Å². The maximum absolute atomic E-state index is 14.1. The van der Waals surface area contributed by atoms with Crippen LogP contribution in [-0.4, -0.2) is 72.6 Å². The largest absolute Gasteiger partial charge is 0.477 e. The number of nitrogens with zero attached hydrogens (tertiary/aromatic N) is 1. The number of amides is 2. The van der Waals surface area contributed by atoms with Gasteiger partial charge in [0.25, 0.3) is 5.91 Å². The molecule has 0 aliphatic rings. The third kappa shape index (κ3) is 8.82. The Hall–Kier alpha value is -3.36. The van der Waals surface area contributed by atoms with E-state index in [4.69, 9.17) is 21.5 Å². The molecule has 12 nitrogen and oxygen atoms in total. The van der Waals surface area contributed by atoms with Gasteiger partial charge in [0.2, 0.25) is 16.6 Å². The lowest BCUT2D eigenvalue weighted by atomic mass is 10.0. The van der Waals surface area contributed by atoms with Crippen LogP contribution in [0.2, 0.25) is 5.02 Å². The molecule has 2 rings (SSSR count). The lowest BCUT2D eigenvalue weighted by molar-refractivity contribution is -0.927. The summed E-state index contributed by atoms with van der Waals surface area (Å²) in [6, 6.07) is 10.7. The predicted molar refractivity (Wildman–Crippen MR) is 156 cm³/mol. The smallest absolute Gasteiger partial charge is 0.362 e. The van der Waals surface area contributed by atoms with Crippen LogP contribution < -0.4 is 15.9 Å². The van der Waals surface area contributed by atoms with Crippen LogP contribution in [0.15, 0.2) is 53.4 Å². The molecule has 5 N–H and O–H groups in total. The highest BCUT2D eigenvalue weighted by atomic mass is 35.5. The SMILES string of the molecule is CCOC(=O)[C@H](CCc1ccccc1)N[C@@H](C)C(=O)[N+](CC(=O)O)(NC(=O)c1ccc(Cl)c(S(N)(=O)=O)c1)C(C)(C)C. The van der Waals surface area contributed by atoms with Gasteiger partial charge in [-0.25, -0.2) is 23.1 Å². The topological polar surface area (TPSA) is 182 Å². The van der Waals surface area contributed by atoms with Gasteiger partial charge in [-0.15, -0.1) is 4.59 Å². The molecule has 0 spiro atoms. The van der Waals surface area contributed by atoms with Crippen LogP contribution in [0, 0.1) is 0 Å². The first-order valence-corrected chi connectivity index (χ1v) is 15.1. The number of sulfonamides is 1. The van der Waals surface area contributed by atoms with Crippen molar-refractivity contribution < 1.29 is 42.0 Å². The molecule has 0 aliphatic carbocycles. The Bertz CT molecular complexity index is 1410. The number of halogens is 1. The Balaban J connectivity index is 2.48. The van der Waals surface area contributed by atoms with Crippen LogP contribution in [-0.2, 0) is 35.6 Å². The van der Waals surface area contributed by atoms with Gasteiger partial charge in [-0.05, 0) is 71.2 Å². The number of nitrogens with two attached hydrogens (primary N) is 1. The lowest BCUT2D eigenvalue weighted by Crippen LogP contribution is -2.76.